The molecule has 0 saturated carbocycles. The molecular formula is C12H18N4O4. The zero-order valence-corrected chi connectivity index (χ0v) is 11.1. The lowest BCUT2D eigenvalue weighted by atomic mass is 10.2. The predicted molar refractivity (Wildman–Crippen MR) is 68.9 cm³/mol. The number of carboxylic acids is 1. The number of H-pyrrole nitrogens is 1. The van der Waals surface area contributed by atoms with Crippen molar-refractivity contribution in [2.75, 3.05) is 6.54 Å². The quantitative estimate of drug-likeness (QED) is 0.624. The van der Waals surface area contributed by atoms with Gasteiger partial charge >= 0.3 is 12.0 Å². The fourth-order valence-corrected chi connectivity index (χ4v) is 2.34. The Bertz CT molecular complexity index is 476. The fraction of sp³-hybridized carbons (Fsp3) is 0.583. The van der Waals surface area contributed by atoms with Gasteiger partial charge in [-0.05, 0) is 6.42 Å². The van der Waals surface area contributed by atoms with E-state index in [9.17, 15) is 14.7 Å². The molecule has 110 valence electrons. The van der Waals surface area contributed by atoms with Gasteiger partial charge in [0.2, 0.25) is 0 Å². The van der Waals surface area contributed by atoms with Crippen LogP contribution in [-0.2, 0) is 4.79 Å². The molecule has 1 fully saturated rings. The van der Waals surface area contributed by atoms with Crippen LogP contribution in [0.4, 0.5) is 4.79 Å². The van der Waals surface area contributed by atoms with Gasteiger partial charge in [-0.3, -0.25) is 0 Å². The molecule has 0 spiro atoms. The third kappa shape index (κ3) is 2.90. The van der Waals surface area contributed by atoms with Crippen LogP contribution in [0.5, 0.6) is 0 Å². The molecule has 1 aromatic heterocycles. The van der Waals surface area contributed by atoms with E-state index in [4.69, 9.17) is 5.11 Å². The highest BCUT2D eigenvalue weighted by Crippen LogP contribution is 2.20. The third-order valence-corrected chi connectivity index (χ3v) is 3.38. The van der Waals surface area contributed by atoms with Crippen molar-refractivity contribution < 1.29 is 19.8 Å². The number of aromatic amines is 1. The number of aromatic nitrogens is 2. The lowest BCUT2D eigenvalue weighted by Crippen LogP contribution is -2.47. The van der Waals surface area contributed by atoms with Crippen LogP contribution in [0.15, 0.2) is 12.4 Å². The van der Waals surface area contributed by atoms with E-state index in [1.165, 1.54) is 0 Å². The Morgan fingerprint density at radius 1 is 1.65 bits per heavy atom. The maximum atomic E-state index is 12.2. The smallest absolute Gasteiger partial charge is 0.326 e. The zero-order chi connectivity index (χ0) is 14.7. The van der Waals surface area contributed by atoms with Gasteiger partial charge in [0.1, 0.15) is 11.9 Å². The highest BCUT2D eigenvalue weighted by Gasteiger charge is 2.39. The van der Waals surface area contributed by atoms with Crippen molar-refractivity contribution in [3.05, 3.63) is 18.2 Å². The predicted octanol–water partition coefficient (Wildman–Crippen LogP) is 0.0902. The molecule has 4 N–H and O–H groups in total. The second kappa shape index (κ2) is 5.91. The Hall–Kier alpha value is -2.09. The summed E-state index contributed by atoms with van der Waals surface area (Å²) in [5.74, 6) is -0.491. The Morgan fingerprint density at radius 2 is 2.40 bits per heavy atom. The van der Waals surface area contributed by atoms with Crippen LogP contribution in [0.25, 0.3) is 0 Å². The summed E-state index contributed by atoms with van der Waals surface area (Å²) in [6.45, 7) is 1.92. The number of carboxylic acid groups (broad SMARTS) is 1. The van der Waals surface area contributed by atoms with E-state index in [2.05, 4.69) is 15.3 Å². The minimum Gasteiger partial charge on any atom is -0.480 e. The molecule has 0 bridgehead atoms. The third-order valence-electron chi connectivity index (χ3n) is 3.38. The number of hydrogen-bond acceptors (Lipinski definition) is 4. The van der Waals surface area contributed by atoms with Crippen LogP contribution in [0, 0.1) is 0 Å². The first kappa shape index (κ1) is 14.3. The van der Waals surface area contributed by atoms with Gasteiger partial charge in [-0.25, -0.2) is 14.6 Å². The number of amides is 2. The maximum Gasteiger partial charge on any atom is 0.326 e. The number of urea groups is 1. The number of hydrogen-bond donors (Lipinski definition) is 4. The Labute approximate surface area is 115 Å². The van der Waals surface area contributed by atoms with Gasteiger partial charge in [-0.15, -0.1) is 0 Å². The van der Waals surface area contributed by atoms with E-state index in [1.54, 1.807) is 12.4 Å². The number of β-amino-alcohol motifs (C(OH)–C–C–N with tert-alkyl or cyclic N) is 1. The number of aliphatic hydroxyl groups is 1. The lowest BCUT2D eigenvalue weighted by Gasteiger charge is -2.24. The van der Waals surface area contributed by atoms with Gasteiger partial charge < -0.3 is 25.4 Å². The van der Waals surface area contributed by atoms with Gasteiger partial charge in [0.05, 0.1) is 12.1 Å². The van der Waals surface area contributed by atoms with Crippen LogP contribution < -0.4 is 5.32 Å². The summed E-state index contributed by atoms with van der Waals surface area (Å²) >= 11 is 0. The van der Waals surface area contributed by atoms with Crippen molar-refractivity contribution in [3.8, 4) is 0 Å². The number of imidazole rings is 1. The molecule has 1 aliphatic heterocycles. The molecule has 8 nitrogen and oxygen atoms in total. The Balaban J connectivity index is 2.05. The van der Waals surface area contributed by atoms with Crippen LogP contribution in [0.1, 0.15) is 31.6 Å². The molecule has 0 aromatic carbocycles. The van der Waals surface area contributed by atoms with E-state index in [-0.39, 0.29) is 19.0 Å². The largest absolute Gasteiger partial charge is 0.480 e. The lowest BCUT2D eigenvalue weighted by molar-refractivity contribution is -0.141. The average molecular weight is 282 g/mol. The Morgan fingerprint density at radius 3 is 2.95 bits per heavy atom. The number of carbonyl (C=O) groups excluding carboxylic acids is 1. The first-order valence-electron chi connectivity index (χ1n) is 6.50. The second-order valence-corrected chi connectivity index (χ2v) is 4.78. The van der Waals surface area contributed by atoms with Crippen LogP contribution in [-0.4, -0.2) is 55.8 Å². The molecule has 2 amide bonds. The number of carbonyl (C=O) groups is 2. The molecule has 2 heterocycles. The molecule has 20 heavy (non-hydrogen) atoms. The van der Waals surface area contributed by atoms with Crippen molar-refractivity contribution in [2.24, 2.45) is 0 Å². The highest BCUT2D eigenvalue weighted by atomic mass is 16.4. The first-order valence-corrected chi connectivity index (χ1v) is 6.50. The molecule has 8 heteroatoms. The summed E-state index contributed by atoms with van der Waals surface area (Å²) in [6, 6.07) is -1.80. The summed E-state index contributed by atoms with van der Waals surface area (Å²) in [5.41, 5.74) is 0. The van der Waals surface area contributed by atoms with Gasteiger partial charge in [-0.1, -0.05) is 6.92 Å². The average Bonchev–Trinajstić information content (AvgIpc) is 3.04. The van der Waals surface area contributed by atoms with E-state index in [1.807, 2.05) is 6.92 Å². The summed E-state index contributed by atoms with van der Waals surface area (Å²) < 4.78 is 0. The standard InChI is InChI=1S/C12H18N4O4/c1-2-8(10-13-3-4-14-10)15-12(20)16-6-7(17)5-9(16)11(18)19/h3-4,7-9,17H,2,5-6H2,1H3,(H,13,14)(H,15,20)(H,18,19). The summed E-state index contributed by atoms with van der Waals surface area (Å²) in [5, 5.41) is 21.3. The van der Waals surface area contributed by atoms with Gasteiger partial charge in [0.25, 0.3) is 0 Å². The monoisotopic (exact) mass is 282 g/mol. The number of nitrogens with zero attached hydrogens (tertiary/aromatic N) is 2. The minimum absolute atomic E-state index is 0.0252. The van der Waals surface area contributed by atoms with Crippen molar-refractivity contribution >= 4 is 12.0 Å². The summed E-state index contributed by atoms with van der Waals surface area (Å²) in [6.07, 6.45) is 3.12. The van der Waals surface area contributed by atoms with Gasteiger partial charge in [0, 0.05) is 25.4 Å². The molecule has 3 atom stereocenters. The normalized spacial score (nSPS) is 23.6. The van der Waals surface area contributed by atoms with Crippen molar-refractivity contribution in [2.45, 2.75) is 38.0 Å². The van der Waals surface area contributed by atoms with Crippen molar-refractivity contribution in [1.29, 1.82) is 0 Å². The number of aliphatic hydroxyl groups excluding tert-OH is 1. The first-order chi connectivity index (χ1) is 9.52. The molecule has 1 aliphatic rings. The highest BCUT2D eigenvalue weighted by molar-refractivity contribution is 5.83. The van der Waals surface area contributed by atoms with E-state index >= 15 is 0 Å². The van der Waals surface area contributed by atoms with Gasteiger partial charge in [-0.2, -0.15) is 0 Å². The number of rotatable bonds is 4. The number of nitrogens with one attached hydrogen (secondary N) is 2. The van der Waals surface area contributed by atoms with Gasteiger partial charge in [0.15, 0.2) is 0 Å². The zero-order valence-electron chi connectivity index (χ0n) is 11.1. The molecular weight excluding hydrogens is 264 g/mol. The molecule has 1 aromatic rings. The van der Waals surface area contributed by atoms with Crippen LogP contribution in [0.2, 0.25) is 0 Å². The fourth-order valence-electron chi connectivity index (χ4n) is 2.34. The molecule has 1 saturated heterocycles. The summed E-state index contributed by atoms with van der Waals surface area (Å²) in [7, 11) is 0. The van der Waals surface area contributed by atoms with E-state index in [0.717, 1.165) is 4.90 Å². The summed E-state index contributed by atoms with van der Waals surface area (Å²) in [4.78, 5) is 31.4. The van der Waals surface area contributed by atoms with Crippen molar-refractivity contribution in [3.63, 3.8) is 0 Å². The number of aliphatic carboxylic acids is 1. The van der Waals surface area contributed by atoms with Crippen molar-refractivity contribution in [1.82, 2.24) is 20.2 Å². The number of likely N-dealkylation sites (tertiary alicyclic amines) is 1. The Kier molecular flexibility index (Phi) is 4.23. The molecule has 0 radical (unpaired) electrons. The van der Waals surface area contributed by atoms with Crippen LogP contribution in [0.3, 0.4) is 0 Å². The van der Waals surface area contributed by atoms with Crippen LogP contribution >= 0.6 is 0 Å². The SMILES string of the molecule is CCC(NC(=O)N1CC(O)CC1C(=O)O)c1ncc[nH]1. The van der Waals surface area contributed by atoms with E-state index < -0.39 is 24.1 Å². The molecule has 2 rings (SSSR count). The maximum absolute atomic E-state index is 12.2. The molecule has 3 unspecified atom stereocenters. The topological polar surface area (TPSA) is 119 Å². The molecule has 0 aliphatic carbocycles. The second-order valence-electron chi connectivity index (χ2n) is 4.78. The minimum atomic E-state index is -1.11. The van der Waals surface area contributed by atoms with E-state index in [0.29, 0.717) is 12.2 Å².